The maximum Gasteiger partial charge on any atom is 0.316 e. The van der Waals surface area contributed by atoms with Gasteiger partial charge in [0.05, 0.1) is 6.61 Å². The van der Waals surface area contributed by atoms with Crippen LogP contribution in [0.2, 0.25) is 0 Å². The Morgan fingerprint density at radius 2 is 2.12 bits per heavy atom. The molecule has 0 saturated heterocycles. The van der Waals surface area contributed by atoms with Crippen LogP contribution in [0.5, 0.6) is 0 Å². The molecule has 1 saturated carbocycles. The zero-order valence-corrected chi connectivity index (χ0v) is 10.9. The highest BCUT2D eigenvalue weighted by molar-refractivity contribution is 8.13. The fourth-order valence-corrected chi connectivity index (χ4v) is 2.75. The highest BCUT2D eigenvalue weighted by Crippen LogP contribution is 2.19. The molecule has 1 amide bonds. The fraction of sp³-hybridized carbons (Fsp3) is 0.889. The maximum absolute atomic E-state index is 11.4. The minimum atomic E-state index is -2.85. The van der Waals surface area contributed by atoms with Gasteiger partial charge in [0.2, 0.25) is 0 Å². The van der Waals surface area contributed by atoms with Crippen molar-refractivity contribution in [2.24, 2.45) is 0 Å². The van der Waals surface area contributed by atoms with Gasteiger partial charge in [-0.2, -0.15) is 0 Å². The normalized spacial score (nSPS) is 19.3. The van der Waals surface area contributed by atoms with Crippen LogP contribution in [-0.2, 0) is 9.09 Å². The van der Waals surface area contributed by atoms with Crippen LogP contribution in [0.1, 0.15) is 32.1 Å². The Balaban J connectivity index is 2.03. The molecule has 0 heterocycles. The van der Waals surface area contributed by atoms with Gasteiger partial charge in [-0.15, -0.1) is 0 Å². The first kappa shape index (κ1) is 14.0. The molecule has 16 heavy (non-hydrogen) atoms. The minimum Gasteiger partial charge on any atom is -0.344 e. The number of nitrogens with one attached hydrogen (secondary N) is 1. The van der Waals surface area contributed by atoms with Crippen molar-refractivity contribution in [2.45, 2.75) is 38.1 Å². The Morgan fingerprint density at radius 3 is 2.75 bits per heavy atom. The van der Waals surface area contributed by atoms with Crippen molar-refractivity contribution in [2.75, 3.05) is 12.4 Å². The number of rotatable bonds is 5. The van der Waals surface area contributed by atoms with E-state index in [1.807, 2.05) is 0 Å². The topological polar surface area (TPSA) is 75.6 Å². The maximum atomic E-state index is 11.4. The quantitative estimate of drug-likeness (QED) is 0.589. The molecule has 1 aliphatic carbocycles. The van der Waals surface area contributed by atoms with E-state index in [1.165, 1.54) is 19.3 Å². The Hall–Kier alpha value is -0.0300. The van der Waals surface area contributed by atoms with E-state index in [1.54, 1.807) is 0 Å². The molecule has 0 aromatic heterocycles. The average molecular weight is 267 g/mol. The summed E-state index contributed by atoms with van der Waals surface area (Å²) in [5, 5.41) is 2.88. The second-order valence-corrected chi connectivity index (χ2v) is 5.62. The van der Waals surface area contributed by atoms with Crippen LogP contribution in [-0.4, -0.2) is 28.5 Å². The number of carbonyl (C=O) groups is 1. The third kappa shape index (κ3) is 6.53. The number of hydrogen-bond donors (Lipinski definition) is 2. The van der Waals surface area contributed by atoms with Crippen molar-refractivity contribution in [1.29, 1.82) is 0 Å². The van der Waals surface area contributed by atoms with Crippen molar-refractivity contribution in [3.8, 4) is 0 Å². The molecule has 94 valence electrons. The lowest BCUT2D eigenvalue weighted by molar-refractivity contribution is 0.252. The summed E-state index contributed by atoms with van der Waals surface area (Å²) < 4.78 is 14.7. The average Bonchev–Trinajstić information content (AvgIpc) is 2.25. The van der Waals surface area contributed by atoms with E-state index in [9.17, 15) is 9.36 Å². The van der Waals surface area contributed by atoms with Crippen LogP contribution in [0.15, 0.2) is 0 Å². The molecule has 1 rings (SSSR count). The zero-order chi connectivity index (χ0) is 11.8. The van der Waals surface area contributed by atoms with E-state index < -0.39 is 8.25 Å². The van der Waals surface area contributed by atoms with Gasteiger partial charge < -0.3 is 14.7 Å². The summed E-state index contributed by atoms with van der Waals surface area (Å²) >= 11 is 1.10. The summed E-state index contributed by atoms with van der Waals surface area (Å²) in [4.78, 5) is 19.8. The standard InChI is InChI=1S/C9H18NO4PS/c11-9(16-7-6-14-15(12)13)10-8-4-2-1-3-5-8/h8,15H,1-7H2,(H,10,11)(H,12,13). The smallest absolute Gasteiger partial charge is 0.316 e. The lowest BCUT2D eigenvalue weighted by atomic mass is 9.96. The first-order chi connectivity index (χ1) is 7.68. The molecule has 1 fully saturated rings. The molecule has 1 aliphatic rings. The fourth-order valence-electron chi connectivity index (χ4n) is 1.72. The molecule has 0 bridgehead atoms. The van der Waals surface area contributed by atoms with Crippen molar-refractivity contribution in [3.63, 3.8) is 0 Å². The van der Waals surface area contributed by atoms with E-state index in [0.717, 1.165) is 24.6 Å². The third-order valence-corrected chi connectivity index (χ3v) is 3.67. The molecule has 7 heteroatoms. The summed E-state index contributed by atoms with van der Waals surface area (Å²) in [7, 11) is -2.85. The van der Waals surface area contributed by atoms with Crippen LogP contribution in [0.3, 0.4) is 0 Å². The van der Waals surface area contributed by atoms with Crippen molar-refractivity contribution in [3.05, 3.63) is 0 Å². The van der Waals surface area contributed by atoms with Gasteiger partial charge >= 0.3 is 8.25 Å². The largest absolute Gasteiger partial charge is 0.344 e. The van der Waals surface area contributed by atoms with Crippen molar-refractivity contribution >= 4 is 25.3 Å². The zero-order valence-electron chi connectivity index (χ0n) is 9.11. The summed E-state index contributed by atoms with van der Waals surface area (Å²) in [6, 6.07) is 0.312. The van der Waals surface area contributed by atoms with E-state index in [-0.39, 0.29) is 11.8 Å². The molecule has 0 spiro atoms. The number of carbonyl (C=O) groups excluding carboxylic acids is 1. The van der Waals surface area contributed by atoms with Gasteiger partial charge in [0, 0.05) is 11.8 Å². The van der Waals surface area contributed by atoms with Gasteiger partial charge in [0.25, 0.3) is 5.24 Å². The first-order valence-electron chi connectivity index (χ1n) is 5.47. The van der Waals surface area contributed by atoms with Gasteiger partial charge in [-0.25, -0.2) is 0 Å². The highest BCUT2D eigenvalue weighted by Gasteiger charge is 2.15. The molecule has 2 N–H and O–H groups in total. The Labute approximate surface area is 100 Å². The van der Waals surface area contributed by atoms with E-state index in [2.05, 4.69) is 9.84 Å². The van der Waals surface area contributed by atoms with E-state index >= 15 is 0 Å². The van der Waals surface area contributed by atoms with Crippen LogP contribution in [0, 0.1) is 0 Å². The monoisotopic (exact) mass is 267 g/mol. The summed E-state index contributed by atoms with van der Waals surface area (Å²) in [6.45, 7) is 0.136. The van der Waals surface area contributed by atoms with Gasteiger partial charge in [-0.3, -0.25) is 9.36 Å². The van der Waals surface area contributed by atoms with Crippen LogP contribution >= 0.6 is 20.0 Å². The molecule has 0 aliphatic heterocycles. The molecule has 0 aromatic carbocycles. The predicted molar refractivity (Wildman–Crippen MR) is 65.0 cm³/mol. The van der Waals surface area contributed by atoms with Gasteiger partial charge in [0.15, 0.2) is 0 Å². The Bertz CT molecular complexity index is 246. The summed E-state index contributed by atoms with van der Waals surface area (Å²) in [5.74, 6) is 0.412. The highest BCUT2D eigenvalue weighted by atomic mass is 32.2. The van der Waals surface area contributed by atoms with Gasteiger partial charge in [-0.1, -0.05) is 31.0 Å². The lowest BCUT2D eigenvalue weighted by Gasteiger charge is -2.22. The van der Waals surface area contributed by atoms with Gasteiger partial charge in [0.1, 0.15) is 0 Å². The first-order valence-corrected chi connectivity index (χ1v) is 7.72. The molecule has 1 atom stereocenters. The van der Waals surface area contributed by atoms with Crippen LogP contribution in [0.25, 0.3) is 0 Å². The predicted octanol–water partition coefficient (Wildman–Crippen LogP) is 2.16. The van der Waals surface area contributed by atoms with E-state index in [0.29, 0.717) is 11.8 Å². The SMILES string of the molecule is O=C(NC1CCCCC1)SCCO[PH](=O)O. The van der Waals surface area contributed by atoms with Crippen LogP contribution in [0.4, 0.5) is 4.79 Å². The Morgan fingerprint density at radius 1 is 1.44 bits per heavy atom. The summed E-state index contributed by atoms with van der Waals surface area (Å²) in [5.41, 5.74) is 0. The van der Waals surface area contributed by atoms with Crippen LogP contribution < -0.4 is 5.32 Å². The molecule has 5 nitrogen and oxygen atoms in total. The molecule has 0 radical (unpaired) electrons. The Kier molecular flexibility index (Phi) is 7.12. The van der Waals surface area contributed by atoms with E-state index in [4.69, 9.17) is 4.89 Å². The minimum absolute atomic E-state index is 0.0619. The molecule has 0 aromatic rings. The summed E-state index contributed by atoms with van der Waals surface area (Å²) in [6.07, 6.45) is 5.76. The van der Waals surface area contributed by atoms with Crippen molar-refractivity contribution in [1.82, 2.24) is 5.32 Å². The second kappa shape index (κ2) is 8.12. The number of thioether (sulfide) groups is 1. The second-order valence-electron chi connectivity index (χ2n) is 3.73. The third-order valence-electron chi connectivity index (χ3n) is 2.47. The molecule has 1 unspecified atom stereocenters. The lowest BCUT2D eigenvalue weighted by Crippen LogP contribution is -2.33. The van der Waals surface area contributed by atoms with Gasteiger partial charge in [-0.05, 0) is 12.8 Å². The molecular formula is C9H18NO4PS. The number of amides is 1. The molecular weight excluding hydrogens is 249 g/mol. The number of hydrogen-bond acceptors (Lipinski definition) is 4. The van der Waals surface area contributed by atoms with Crippen molar-refractivity contribution < 1.29 is 18.8 Å².